The van der Waals surface area contributed by atoms with Crippen LogP contribution in [0.15, 0.2) is 200 Å². The average Bonchev–Trinajstić information content (AvgIpc) is 4.19. The van der Waals surface area contributed by atoms with E-state index in [1.54, 1.807) is 33.4 Å². The Balaban J connectivity index is 0.00000602. The Labute approximate surface area is 406 Å². The number of pyridine rings is 1. The van der Waals surface area contributed by atoms with E-state index in [1.165, 1.54) is 0 Å². The van der Waals surface area contributed by atoms with Crippen LogP contribution in [0.3, 0.4) is 0 Å². The van der Waals surface area contributed by atoms with E-state index in [2.05, 4.69) is 70.4 Å². The van der Waals surface area contributed by atoms with Crippen molar-refractivity contribution in [2.75, 3.05) is 18.0 Å². The molecule has 0 unspecified atom stereocenters. The van der Waals surface area contributed by atoms with Gasteiger partial charge in [0.15, 0.2) is 0 Å². The zero-order valence-corrected chi connectivity index (χ0v) is 36.8. The fourth-order valence-corrected chi connectivity index (χ4v) is 8.84. The van der Waals surface area contributed by atoms with Gasteiger partial charge in [-0.3, -0.25) is 4.57 Å². The summed E-state index contributed by atoms with van der Waals surface area (Å²) in [6.45, 7) is 1.98. The molecule has 7 heteroatoms. The van der Waals surface area contributed by atoms with Gasteiger partial charge in [-0.15, -0.1) is 29.7 Å². The molecular weight excluding hydrogens is 978 g/mol. The van der Waals surface area contributed by atoms with Crippen molar-refractivity contribution in [1.29, 1.82) is 0 Å². The van der Waals surface area contributed by atoms with E-state index in [1.807, 2.05) is 72.9 Å². The minimum absolute atomic E-state index is 0. The van der Waals surface area contributed by atoms with Gasteiger partial charge >= 0.3 is 0 Å². The summed E-state index contributed by atoms with van der Waals surface area (Å²) in [5.41, 5.74) is 6.88. The van der Waals surface area contributed by atoms with Gasteiger partial charge in [-0.2, -0.15) is 18.2 Å². The topological polar surface area (TPSA) is 39.1 Å². The number of benzene rings is 8. The molecule has 12 rings (SSSR count). The second kappa shape index (κ2) is 17.2. The Morgan fingerprint density at radius 1 is 0.585 bits per heavy atom. The first-order valence-corrected chi connectivity index (χ1v) is 21.1. The smallest absolute Gasteiger partial charge is 0.268 e. The van der Waals surface area contributed by atoms with Gasteiger partial charge in [0.2, 0.25) is 0 Å². The van der Waals surface area contributed by atoms with E-state index in [4.69, 9.17) is 23.4 Å². The first-order valence-electron chi connectivity index (χ1n) is 26.1. The Bertz CT molecular complexity index is 3960. The predicted molar refractivity (Wildman–Crippen MR) is 258 cm³/mol. The van der Waals surface area contributed by atoms with E-state index in [9.17, 15) is 0 Å². The molecule has 0 bridgehead atoms. The van der Waals surface area contributed by atoms with E-state index in [0.29, 0.717) is 28.2 Å². The van der Waals surface area contributed by atoms with Crippen LogP contribution in [0.2, 0.25) is 0 Å². The number of para-hydroxylation sites is 3. The monoisotopic (exact) mass is 1030 g/mol. The van der Waals surface area contributed by atoms with Crippen molar-refractivity contribution >= 4 is 38.5 Å². The number of fused-ring (bicyclic) bond motifs is 4. The Hall–Kier alpha value is -7.53. The molecular formula is C58H41N5OPt-2. The van der Waals surface area contributed by atoms with E-state index in [0.717, 1.165) is 70.4 Å². The fraction of sp³-hybridized carbons (Fsp3) is 0.0690. The van der Waals surface area contributed by atoms with Crippen LogP contribution in [0.25, 0.3) is 83.4 Å². The number of rotatable bonds is 9. The van der Waals surface area contributed by atoms with E-state index < -0.39 is 60.4 Å². The number of hydrogen-bond donors (Lipinski definition) is 0. The van der Waals surface area contributed by atoms with Crippen molar-refractivity contribution in [3.05, 3.63) is 219 Å². The van der Waals surface area contributed by atoms with Crippen LogP contribution in [-0.4, -0.2) is 27.2 Å². The maximum absolute atomic E-state index is 9.03. The molecule has 0 saturated carbocycles. The predicted octanol–water partition coefficient (Wildman–Crippen LogP) is 13.2. The van der Waals surface area contributed by atoms with Gasteiger partial charge < -0.3 is 18.8 Å². The second-order valence-electron chi connectivity index (χ2n) is 15.5. The normalized spacial score (nSPS) is 14.7. The van der Waals surface area contributed by atoms with Crippen LogP contribution in [0.1, 0.15) is 26.5 Å². The van der Waals surface area contributed by atoms with Crippen LogP contribution < -0.4 is 14.2 Å². The van der Waals surface area contributed by atoms with Crippen molar-refractivity contribution in [2.45, 2.75) is 12.8 Å². The van der Waals surface area contributed by atoms with Crippen molar-refractivity contribution in [3.63, 3.8) is 0 Å². The minimum Gasteiger partial charge on any atom is -0.510 e. The Morgan fingerprint density at radius 3 is 2.06 bits per heavy atom. The SMILES string of the molecule is [2H]c1c([2H])c([2H])c(-c2cccc(-c3c([2H])c([2H])c([2H])c([2H])c3[2H])c2-[n+]2[c-]n(-c3[c-]c(Oc4[c-]c5c(cc4)c4cc(-c6ccccc6)ccc4n5-c4cc(N5CCCC5)ccn4)ccc3)c3ccccc32)c([2H])c1[2H].[Pt]. The van der Waals surface area contributed by atoms with Crippen LogP contribution in [-0.2, 0) is 21.1 Å². The molecule has 1 fully saturated rings. The summed E-state index contributed by atoms with van der Waals surface area (Å²) < 4.78 is 99.3. The van der Waals surface area contributed by atoms with Gasteiger partial charge in [0.25, 0.3) is 6.33 Å². The molecule has 316 valence electrons. The summed E-state index contributed by atoms with van der Waals surface area (Å²) in [7, 11) is 0. The summed E-state index contributed by atoms with van der Waals surface area (Å²) in [5, 5.41) is 2.01. The van der Waals surface area contributed by atoms with Crippen LogP contribution in [0.5, 0.6) is 11.5 Å². The fourth-order valence-electron chi connectivity index (χ4n) is 8.84. The number of ether oxygens (including phenoxy) is 1. The molecule has 1 aliphatic heterocycles. The molecule has 4 heterocycles. The number of imidazole rings is 1. The zero-order valence-electron chi connectivity index (χ0n) is 44.6. The molecule has 11 aromatic rings. The molecule has 6 nitrogen and oxygen atoms in total. The third-order valence-corrected chi connectivity index (χ3v) is 11.8. The summed E-state index contributed by atoms with van der Waals surface area (Å²) >= 11 is 0. The van der Waals surface area contributed by atoms with Gasteiger partial charge in [-0.1, -0.05) is 151 Å². The quantitative estimate of drug-likeness (QED) is 0.107. The standard InChI is InChI=1S/C58H41N5O.Pt/c1-4-16-41(17-5-1)44-28-31-53-52(36-44)51-30-29-48(39-56(51)63(53)57-38-45(32-33-59-57)60-34-12-13-35-60)64-47-23-14-22-46(37-47)61-40-62(55-27-11-10-26-54(55)61)58-49(42-18-6-2-7-19-42)24-15-25-50(58)43-20-8-3-9-21-43;/h1-11,14-33,36,38H,12-13,34-35H2;/q-2;/i2D,3D,6D,7D,8D,9D,18D,19D,20D,21D;. The van der Waals surface area contributed by atoms with Crippen molar-refractivity contribution in [1.82, 2.24) is 14.1 Å². The zero-order chi connectivity index (χ0) is 51.1. The Morgan fingerprint density at radius 2 is 1.29 bits per heavy atom. The third-order valence-electron chi connectivity index (χ3n) is 11.8. The molecule has 0 spiro atoms. The third kappa shape index (κ3) is 7.40. The van der Waals surface area contributed by atoms with Gasteiger partial charge in [0.05, 0.1) is 30.4 Å². The van der Waals surface area contributed by atoms with Crippen LogP contribution >= 0.6 is 0 Å². The first-order chi connectivity index (χ1) is 35.9. The van der Waals surface area contributed by atoms with Crippen LogP contribution in [0.4, 0.5) is 5.69 Å². The molecule has 0 atom stereocenters. The molecule has 65 heavy (non-hydrogen) atoms. The summed E-state index contributed by atoms with van der Waals surface area (Å²) in [6.07, 6.45) is 7.57. The van der Waals surface area contributed by atoms with E-state index >= 15 is 0 Å². The van der Waals surface area contributed by atoms with Gasteiger partial charge in [0, 0.05) is 69.1 Å². The number of nitrogens with zero attached hydrogens (tertiary/aromatic N) is 5. The van der Waals surface area contributed by atoms with Gasteiger partial charge in [-0.05, 0) is 69.4 Å². The maximum atomic E-state index is 9.03. The molecule has 0 aliphatic carbocycles. The average molecular weight is 1030 g/mol. The van der Waals surface area contributed by atoms with Crippen molar-refractivity contribution in [3.8, 4) is 62.1 Å². The van der Waals surface area contributed by atoms with Crippen LogP contribution in [0, 0.1) is 18.5 Å². The molecule has 0 radical (unpaired) electrons. The largest absolute Gasteiger partial charge is 0.510 e. The summed E-state index contributed by atoms with van der Waals surface area (Å²) in [5.74, 6) is 1.55. The van der Waals surface area contributed by atoms with Crippen molar-refractivity contribution < 1.29 is 44.1 Å². The number of aromatic nitrogens is 4. The Kier molecular flexibility index (Phi) is 8.09. The minimum atomic E-state index is -0.572. The summed E-state index contributed by atoms with van der Waals surface area (Å²) in [4.78, 5) is 7.29. The van der Waals surface area contributed by atoms with Gasteiger partial charge in [0.1, 0.15) is 5.82 Å². The molecule has 8 aromatic carbocycles. The molecule has 3 aromatic heterocycles. The maximum Gasteiger partial charge on any atom is 0.268 e. The van der Waals surface area contributed by atoms with Crippen molar-refractivity contribution in [2.24, 2.45) is 0 Å². The first kappa shape index (κ1) is 30.5. The second-order valence-corrected chi connectivity index (χ2v) is 15.5. The van der Waals surface area contributed by atoms with E-state index in [-0.39, 0.29) is 49.0 Å². The molecule has 1 saturated heterocycles. The summed E-state index contributed by atoms with van der Waals surface area (Å²) in [6, 6.07) is 44.1. The molecule has 0 N–H and O–H groups in total. The molecule has 1 aliphatic rings. The number of hydrogen-bond acceptors (Lipinski definition) is 3. The molecule has 0 amide bonds. The van der Waals surface area contributed by atoms with Gasteiger partial charge in [-0.25, -0.2) is 4.98 Å². The number of anilines is 1.